The monoisotopic (exact) mass is 345 g/mol. The number of benzene rings is 1. The summed E-state index contributed by atoms with van der Waals surface area (Å²) in [5, 5.41) is 14.0. The Bertz CT molecular complexity index is 430. The highest BCUT2D eigenvalue weighted by Crippen LogP contribution is 2.32. The lowest BCUT2D eigenvalue weighted by molar-refractivity contribution is 0.104. The fourth-order valence-electron chi connectivity index (χ4n) is 2.67. The first-order valence-corrected chi connectivity index (χ1v) is 8.01. The molecule has 1 aromatic carbocycles. The molecule has 0 amide bonds. The zero-order chi connectivity index (χ0) is 13.9. The maximum atomic E-state index is 9.73. The lowest BCUT2D eigenvalue weighted by Crippen LogP contribution is -2.50. The van der Waals surface area contributed by atoms with E-state index in [1.54, 1.807) is 0 Å². The van der Waals surface area contributed by atoms with Crippen LogP contribution in [0.5, 0.6) is 0 Å². The second kappa shape index (κ2) is 6.57. The van der Waals surface area contributed by atoms with Gasteiger partial charge in [-0.3, -0.25) is 0 Å². The number of aliphatic hydroxyl groups excluding tert-OH is 1. The summed E-state index contributed by atoms with van der Waals surface area (Å²) in [6, 6.07) is 5.81. The van der Waals surface area contributed by atoms with Crippen LogP contribution in [-0.2, 0) is 6.54 Å². The van der Waals surface area contributed by atoms with Crippen LogP contribution in [0.4, 0.5) is 0 Å². The van der Waals surface area contributed by atoms with Crippen LogP contribution >= 0.6 is 27.5 Å². The van der Waals surface area contributed by atoms with Crippen LogP contribution in [-0.4, -0.2) is 17.3 Å². The van der Waals surface area contributed by atoms with Crippen LogP contribution in [0.25, 0.3) is 0 Å². The van der Waals surface area contributed by atoms with Gasteiger partial charge in [0.25, 0.3) is 0 Å². The van der Waals surface area contributed by atoms with Crippen molar-refractivity contribution in [2.75, 3.05) is 6.61 Å². The van der Waals surface area contributed by atoms with Crippen LogP contribution in [0.2, 0.25) is 5.02 Å². The van der Waals surface area contributed by atoms with Crippen molar-refractivity contribution >= 4 is 27.5 Å². The molecular formula is C15H21BrClNO. The second-order valence-electron chi connectivity index (χ2n) is 5.71. The summed E-state index contributed by atoms with van der Waals surface area (Å²) in [4.78, 5) is 0. The normalized spacial score (nSPS) is 27.5. The first-order chi connectivity index (χ1) is 9.04. The van der Waals surface area contributed by atoms with E-state index >= 15 is 0 Å². The summed E-state index contributed by atoms with van der Waals surface area (Å²) in [5.41, 5.74) is 1.02. The van der Waals surface area contributed by atoms with Gasteiger partial charge in [-0.05, 0) is 55.4 Å². The Labute approximate surface area is 128 Å². The van der Waals surface area contributed by atoms with E-state index in [1.165, 1.54) is 12.8 Å². The van der Waals surface area contributed by atoms with Gasteiger partial charge in [-0.1, -0.05) is 34.5 Å². The van der Waals surface area contributed by atoms with E-state index in [-0.39, 0.29) is 12.1 Å². The summed E-state index contributed by atoms with van der Waals surface area (Å²) in [7, 11) is 0. The van der Waals surface area contributed by atoms with E-state index in [9.17, 15) is 5.11 Å². The average molecular weight is 347 g/mol. The molecule has 0 bridgehead atoms. The van der Waals surface area contributed by atoms with E-state index in [0.29, 0.717) is 0 Å². The number of nitrogens with one attached hydrogen (secondary N) is 1. The minimum absolute atomic E-state index is 0.117. The molecule has 1 aliphatic rings. The number of aliphatic hydroxyl groups is 1. The fourth-order valence-corrected chi connectivity index (χ4v) is 3.25. The lowest BCUT2D eigenvalue weighted by atomic mass is 9.77. The molecule has 1 aliphatic carbocycles. The summed E-state index contributed by atoms with van der Waals surface area (Å²) in [6.07, 6.45) is 4.46. The van der Waals surface area contributed by atoms with Crippen molar-refractivity contribution in [3.05, 3.63) is 33.3 Å². The van der Waals surface area contributed by atoms with Crippen molar-refractivity contribution in [3.63, 3.8) is 0 Å². The number of halogens is 2. The van der Waals surface area contributed by atoms with Gasteiger partial charge >= 0.3 is 0 Å². The van der Waals surface area contributed by atoms with E-state index in [2.05, 4.69) is 28.2 Å². The van der Waals surface area contributed by atoms with Crippen molar-refractivity contribution in [1.29, 1.82) is 0 Å². The quantitative estimate of drug-likeness (QED) is 0.859. The number of hydrogen-bond acceptors (Lipinski definition) is 2. The Balaban J connectivity index is 2.01. The van der Waals surface area contributed by atoms with E-state index in [0.717, 1.165) is 40.4 Å². The molecule has 0 radical (unpaired) electrons. The Kier molecular flexibility index (Phi) is 5.29. The van der Waals surface area contributed by atoms with Crippen LogP contribution < -0.4 is 5.32 Å². The summed E-state index contributed by atoms with van der Waals surface area (Å²) in [6.45, 7) is 3.23. The van der Waals surface area contributed by atoms with Crippen molar-refractivity contribution in [2.24, 2.45) is 5.92 Å². The Morgan fingerprint density at radius 1 is 1.42 bits per heavy atom. The standard InChI is InChI=1S/C15H21BrClNO/c1-11-4-6-15(10-19,7-5-11)18-9-12-8-13(17)2-3-14(12)16/h2-3,8,11,18-19H,4-7,9-10H2,1H3. The van der Waals surface area contributed by atoms with Crippen LogP contribution in [0.3, 0.4) is 0 Å². The van der Waals surface area contributed by atoms with E-state index in [1.807, 2.05) is 18.2 Å². The zero-order valence-electron chi connectivity index (χ0n) is 11.3. The van der Waals surface area contributed by atoms with Gasteiger partial charge < -0.3 is 10.4 Å². The molecule has 2 N–H and O–H groups in total. The Morgan fingerprint density at radius 3 is 2.74 bits per heavy atom. The third kappa shape index (κ3) is 3.94. The lowest BCUT2D eigenvalue weighted by Gasteiger charge is -2.39. The minimum Gasteiger partial charge on any atom is -0.394 e. The molecular weight excluding hydrogens is 326 g/mol. The largest absolute Gasteiger partial charge is 0.394 e. The van der Waals surface area contributed by atoms with E-state index < -0.39 is 0 Å². The summed E-state index contributed by atoms with van der Waals surface area (Å²) in [5.74, 6) is 0.777. The smallest absolute Gasteiger partial charge is 0.0613 e. The van der Waals surface area contributed by atoms with Gasteiger partial charge in [0.05, 0.1) is 6.61 Å². The number of rotatable bonds is 4. The molecule has 19 heavy (non-hydrogen) atoms. The third-order valence-corrected chi connectivity index (χ3v) is 5.20. The highest BCUT2D eigenvalue weighted by molar-refractivity contribution is 9.10. The number of hydrogen-bond donors (Lipinski definition) is 2. The summed E-state index contributed by atoms with van der Waals surface area (Å²) < 4.78 is 1.06. The maximum absolute atomic E-state index is 9.73. The predicted octanol–water partition coefficient (Wildman–Crippen LogP) is 4.13. The molecule has 0 aliphatic heterocycles. The first kappa shape index (κ1) is 15.3. The van der Waals surface area contributed by atoms with Crippen molar-refractivity contribution < 1.29 is 5.11 Å². The highest BCUT2D eigenvalue weighted by Gasteiger charge is 2.33. The fraction of sp³-hybridized carbons (Fsp3) is 0.600. The van der Waals surface area contributed by atoms with Crippen molar-refractivity contribution in [3.8, 4) is 0 Å². The molecule has 4 heteroatoms. The third-order valence-electron chi connectivity index (χ3n) is 4.20. The molecule has 0 spiro atoms. The highest BCUT2D eigenvalue weighted by atomic mass is 79.9. The van der Waals surface area contributed by atoms with Gasteiger partial charge in [0.15, 0.2) is 0 Å². The topological polar surface area (TPSA) is 32.3 Å². The van der Waals surface area contributed by atoms with Gasteiger partial charge in [-0.2, -0.15) is 0 Å². The molecule has 106 valence electrons. The molecule has 0 heterocycles. The molecule has 1 saturated carbocycles. The molecule has 1 aromatic rings. The molecule has 0 unspecified atom stereocenters. The predicted molar refractivity (Wildman–Crippen MR) is 83.4 cm³/mol. The molecule has 2 nitrogen and oxygen atoms in total. The van der Waals surface area contributed by atoms with Crippen LogP contribution in [0.1, 0.15) is 38.2 Å². The molecule has 2 rings (SSSR count). The SMILES string of the molecule is CC1CCC(CO)(NCc2cc(Cl)ccc2Br)CC1. The molecule has 1 fully saturated rings. The zero-order valence-corrected chi connectivity index (χ0v) is 13.6. The molecule has 0 atom stereocenters. The second-order valence-corrected chi connectivity index (χ2v) is 7.00. The Morgan fingerprint density at radius 2 is 2.11 bits per heavy atom. The first-order valence-electron chi connectivity index (χ1n) is 6.84. The molecule has 0 aromatic heterocycles. The maximum Gasteiger partial charge on any atom is 0.0613 e. The van der Waals surface area contributed by atoms with Crippen molar-refractivity contribution in [2.45, 2.75) is 44.7 Å². The summed E-state index contributed by atoms with van der Waals surface area (Å²) >= 11 is 9.57. The average Bonchev–Trinajstić information content (AvgIpc) is 2.42. The van der Waals surface area contributed by atoms with Gasteiger partial charge in [-0.25, -0.2) is 0 Å². The van der Waals surface area contributed by atoms with E-state index in [4.69, 9.17) is 11.6 Å². The van der Waals surface area contributed by atoms with Gasteiger partial charge in [0.2, 0.25) is 0 Å². The van der Waals surface area contributed by atoms with Crippen LogP contribution in [0.15, 0.2) is 22.7 Å². The van der Waals surface area contributed by atoms with Gasteiger partial charge in [0.1, 0.15) is 0 Å². The minimum atomic E-state index is -0.117. The van der Waals surface area contributed by atoms with Crippen LogP contribution in [0, 0.1) is 5.92 Å². The Hall–Kier alpha value is -0.0900. The molecule has 0 saturated heterocycles. The van der Waals surface area contributed by atoms with Gasteiger partial charge in [0, 0.05) is 21.6 Å². The van der Waals surface area contributed by atoms with Crippen molar-refractivity contribution in [1.82, 2.24) is 5.32 Å². The van der Waals surface area contributed by atoms with Gasteiger partial charge in [-0.15, -0.1) is 0 Å².